The second kappa shape index (κ2) is 9.41. The van der Waals surface area contributed by atoms with Gasteiger partial charge < -0.3 is 10.2 Å². The normalized spacial score (nSPS) is 12.5. The molecule has 0 atom stereocenters. The molecule has 176 valence electrons. The maximum absolute atomic E-state index is 13.6. The van der Waals surface area contributed by atoms with Crippen molar-refractivity contribution in [3.8, 4) is 11.3 Å². The molecule has 4 aromatic rings. The van der Waals surface area contributed by atoms with E-state index >= 15 is 0 Å². The summed E-state index contributed by atoms with van der Waals surface area (Å²) < 4.78 is 13.3. The molecule has 2 amide bonds. The third-order valence-electron chi connectivity index (χ3n) is 5.69. The number of nitrogens with zero attached hydrogens (tertiary/aromatic N) is 2. The molecule has 0 bridgehead atoms. The van der Waals surface area contributed by atoms with Crippen molar-refractivity contribution in [2.24, 2.45) is 0 Å². The number of hydrogen-bond acceptors (Lipinski definition) is 4. The van der Waals surface area contributed by atoms with Gasteiger partial charge in [-0.2, -0.15) is 0 Å². The zero-order valence-electron chi connectivity index (χ0n) is 18.4. The number of nitrogens with one attached hydrogen (secondary N) is 1. The van der Waals surface area contributed by atoms with Gasteiger partial charge in [-0.05, 0) is 49.4 Å². The lowest BCUT2D eigenvalue weighted by atomic mass is 10.1. The van der Waals surface area contributed by atoms with Crippen LogP contribution < -0.4 is 10.2 Å². The number of carbonyl (C=O) groups excluding carboxylic acids is 2. The molecule has 0 unspecified atom stereocenters. The molecule has 2 heterocycles. The molecule has 0 saturated carbocycles. The van der Waals surface area contributed by atoms with E-state index in [0.717, 1.165) is 39.0 Å². The first-order valence-corrected chi connectivity index (χ1v) is 12.3. The van der Waals surface area contributed by atoms with E-state index in [1.807, 2.05) is 31.2 Å². The number of hydrogen-bond donors (Lipinski definition) is 1. The molecule has 1 N–H and O–H groups in total. The largest absolute Gasteiger partial charge is 0.322 e. The van der Waals surface area contributed by atoms with Crippen LogP contribution in [-0.4, -0.2) is 23.3 Å². The highest BCUT2D eigenvalue weighted by Crippen LogP contribution is 2.39. The minimum Gasteiger partial charge on any atom is -0.322 e. The molecule has 0 spiro atoms. The molecule has 0 fully saturated rings. The number of anilines is 2. The summed E-state index contributed by atoms with van der Waals surface area (Å²) in [6.07, 6.45) is 0.686. The van der Waals surface area contributed by atoms with Gasteiger partial charge in [0.2, 0.25) is 0 Å². The first-order chi connectivity index (χ1) is 16.8. The van der Waals surface area contributed by atoms with E-state index in [1.54, 1.807) is 28.4 Å². The van der Waals surface area contributed by atoms with E-state index in [-0.39, 0.29) is 21.5 Å². The summed E-state index contributed by atoms with van der Waals surface area (Å²) in [5.41, 5.74) is 3.43. The number of thiazole rings is 1. The van der Waals surface area contributed by atoms with Gasteiger partial charge in [0.25, 0.3) is 11.8 Å². The molecular weight excluding hydrogens is 508 g/mol. The van der Waals surface area contributed by atoms with Gasteiger partial charge in [0.1, 0.15) is 5.82 Å². The lowest BCUT2D eigenvalue weighted by Crippen LogP contribution is -2.32. The quantitative estimate of drug-likeness (QED) is 0.312. The second-order valence-corrected chi connectivity index (χ2v) is 10.1. The highest BCUT2D eigenvalue weighted by atomic mass is 35.5. The Bertz CT molecular complexity index is 1490. The molecule has 0 saturated heterocycles. The van der Waals surface area contributed by atoms with Crippen molar-refractivity contribution >= 4 is 57.7 Å². The molecule has 35 heavy (non-hydrogen) atoms. The number of rotatable bonds is 3. The molecule has 1 aromatic heterocycles. The number of para-hydroxylation sites is 1. The van der Waals surface area contributed by atoms with Crippen LogP contribution in [0.1, 0.15) is 30.6 Å². The smallest absolute Gasteiger partial charge is 0.259 e. The molecule has 5 rings (SSSR count). The Kier molecular flexibility index (Phi) is 6.32. The van der Waals surface area contributed by atoms with Crippen molar-refractivity contribution in [3.05, 3.63) is 97.5 Å². The van der Waals surface area contributed by atoms with Crippen molar-refractivity contribution in [1.82, 2.24) is 4.98 Å². The van der Waals surface area contributed by atoms with E-state index in [2.05, 4.69) is 5.32 Å². The van der Waals surface area contributed by atoms with Crippen LogP contribution in [0.2, 0.25) is 10.0 Å². The SMILES string of the molecule is Cc1nc2c(s1)CCN(C(=O)c1ccc(NC(=O)c3ccc(F)cc3Cl)cc1Cl)c1ccccc1-2. The third kappa shape index (κ3) is 4.55. The summed E-state index contributed by atoms with van der Waals surface area (Å²) in [6, 6.07) is 15.9. The van der Waals surface area contributed by atoms with Crippen molar-refractivity contribution < 1.29 is 14.0 Å². The van der Waals surface area contributed by atoms with Crippen LogP contribution in [-0.2, 0) is 6.42 Å². The Balaban J connectivity index is 1.42. The lowest BCUT2D eigenvalue weighted by molar-refractivity contribution is 0.0986. The molecule has 3 aromatic carbocycles. The zero-order chi connectivity index (χ0) is 24.7. The fourth-order valence-electron chi connectivity index (χ4n) is 4.09. The minimum atomic E-state index is -0.534. The lowest BCUT2D eigenvalue weighted by Gasteiger charge is -2.23. The van der Waals surface area contributed by atoms with E-state index in [0.29, 0.717) is 24.2 Å². The number of aryl methyl sites for hydroxylation is 1. The van der Waals surface area contributed by atoms with E-state index in [1.165, 1.54) is 12.1 Å². The van der Waals surface area contributed by atoms with Gasteiger partial charge >= 0.3 is 0 Å². The van der Waals surface area contributed by atoms with Gasteiger partial charge in [-0.25, -0.2) is 9.37 Å². The first kappa shape index (κ1) is 23.5. The fourth-order valence-corrected chi connectivity index (χ4v) is 5.54. The Morgan fingerprint density at radius 3 is 2.54 bits per heavy atom. The Morgan fingerprint density at radius 1 is 1.03 bits per heavy atom. The highest BCUT2D eigenvalue weighted by Gasteiger charge is 2.28. The summed E-state index contributed by atoms with van der Waals surface area (Å²) in [4.78, 5) is 33.7. The monoisotopic (exact) mass is 525 g/mol. The number of fused-ring (bicyclic) bond motifs is 3. The number of aromatic nitrogens is 1. The topological polar surface area (TPSA) is 62.3 Å². The van der Waals surface area contributed by atoms with Gasteiger partial charge in [-0.3, -0.25) is 9.59 Å². The summed E-state index contributed by atoms with van der Waals surface area (Å²) >= 11 is 14.1. The number of amides is 2. The van der Waals surface area contributed by atoms with Crippen molar-refractivity contribution in [2.75, 3.05) is 16.8 Å². The Morgan fingerprint density at radius 2 is 1.77 bits per heavy atom. The van der Waals surface area contributed by atoms with E-state index in [9.17, 15) is 14.0 Å². The van der Waals surface area contributed by atoms with E-state index in [4.69, 9.17) is 28.2 Å². The van der Waals surface area contributed by atoms with Crippen molar-refractivity contribution in [1.29, 1.82) is 0 Å². The summed E-state index contributed by atoms with van der Waals surface area (Å²) in [6.45, 7) is 2.47. The highest BCUT2D eigenvalue weighted by molar-refractivity contribution is 7.12. The van der Waals surface area contributed by atoms with Gasteiger partial charge in [0.15, 0.2) is 0 Å². The van der Waals surface area contributed by atoms with Crippen LogP contribution >= 0.6 is 34.5 Å². The predicted molar refractivity (Wildman–Crippen MR) is 138 cm³/mol. The van der Waals surface area contributed by atoms with Crippen LogP contribution in [0.25, 0.3) is 11.3 Å². The Labute approximate surface area is 215 Å². The van der Waals surface area contributed by atoms with Crippen LogP contribution in [0.5, 0.6) is 0 Å². The average molecular weight is 526 g/mol. The van der Waals surface area contributed by atoms with Gasteiger partial charge in [0.05, 0.1) is 37.6 Å². The van der Waals surface area contributed by atoms with Crippen LogP contribution in [0, 0.1) is 12.7 Å². The zero-order valence-corrected chi connectivity index (χ0v) is 20.8. The van der Waals surface area contributed by atoms with Crippen LogP contribution in [0.15, 0.2) is 60.7 Å². The molecule has 1 aliphatic rings. The number of carbonyl (C=O) groups is 2. The molecule has 5 nitrogen and oxygen atoms in total. The maximum Gasteiger partial charge on any atom is 0.259 e. The molecule has 1 aliphatic heterocycles. The fraction of sp³-hybridized carbons (Fsp3) is 0.115. The van der Waals surface area contributed by atoms with Gasteiger partial charge in [-0.1, -0.05) is 41.4 Å². The minimum absolute atomic E-state index is 0.00146. The molecule has 0 aliphatic carbocycles. The second-order valence-electron chi connectivity index (χ2n) is 8.00. The van der Waals surface area contributed by atoms with Crippen LogP contribution in [0.3, 0.4) is 0 Å². The average Bonchev–Trinajstić information content (AvgIpc) is 3.12. The van der Waals surface area contributed by atoms with Crippen LogP contribution in [0.4, 0.5) is 15.8 Å². The third-order valence-corrected chi connectivity index (χ3v) is 7.35. The summed E-state index contributed by atoms with van der Waals surface area (Å²) in [7, 11) is 0. The molecule has 9 heteroatoms. The maximum atomic E-state index is 13.6. The summed E-state index contributed by atoms with van der Waals surface area (Å²) in [5, 5.41) is 3.87. The number of benzene rings is 3. The van der Waals surface area contributed by atoms with Crippen molar-refractivity contribution in [3.63, 3.8) is 0 Å². The van der Waals surface area contributed by atoms with Gasteiger partial charge in [0, 0.05) is 29.1 Å². The van der Waals surface area contributed by atoms with Crippen molar-refractivity contribution in [2.45, 2.75) is 13.3 Å². The predicted octanol–water partition coefficient (Wildman–Crippen LogP) is 7.02. The van der Waals surface area contributed by atoms with Gasteiger partial charge in [-0.15, -0.1) is 11.3 Å². The molecule has 0 radical (unpaired) electrons. The Hall–Kier alpha value is -3.26. The number of halogens is 3. The van der Waals surface area contributed by atoms with E-state index < -0.39 is 11.7 Å². The summed E-state index contributed by atoms with van der Waals surface area (Å²) in [5.74, 6) is -1.29. The standard InChI is InChI=1S/C26H18Cl2FN3O2S/c1-14-30-24-19-4-2-3-5-22(19)32(11-10-23(24)35-14)26(34)18-9-7-16(13-21(18)28)31-25(33)17-8-6-15(29)12-20(17)27/h2-9,12-13H,10-11H2,1H3,(H,31,33). The first-order valence-electron chi connectivity index (χ1n) is 10.8. The molecular formula is C26H18Cl2FN3O2S.